The first-order valence-electron chi connectivity index (χ1n) is 7.87. The SMILES string of the molecule is O=C(CCc1ccc2c(c1)NC(=O)CO2)NCC(=O)N1CCCO1. The Bertz CT molecular complexity index is 655. The highest BCUT2D eigenvalue weighted by Gasteiger charge is 2.20. The minimum atomic E-state index is -0.241. The first-order valence-corrected chi connectivity index (χ1v) is 7.87. The van der Waals surface area contributed by atoms with Crippen molar-refractivity contribution >= 4 is 23.4 Å². The number of hydroxylamine groups is 2. The number of fused-ring (bicyclic) bond motifs is 1. The summed E-state index contributed by atoms with van der Waals surface area (Å²) in [5.74, 6) is -0.0194. The fraction of sp³-hybridized carbons (Fsp3) is 0.438. The highest BCUT2D eigenvalue weighted by atomic mass is 16.7. The van der Waals surface area contributed by atoms with Crippen LogP contribution in [0.5, 0.6) is 5.75 Å². The van der Waals surface area contributed by atoms with Crippen LogP contribution in [0.15, 0.2) is 18.2 Å². The van der Waals surface area contributed by atoms with E-state index in [0.717, 1.165) is 12.0 Å². The molecule has 8 nitrogen and oxygen atoms in total. The van der Waals surface area contributed by atoms with Crippen molar-refractivity contribution in [3.63, 3.8) is 0 Å². The van der Waals surface area contributed by atoms with Crippen molar-refractivity contribution in [1.29, 1.82) is 0 Å². The van der Waals surface area contributed by atoms with Crippen molar-refractivity contribution in [3.05, 3.63) is 23.8 Å². The molecule has 2 N–H and O–H groups in total. The number of amides is 3. The van der Waals surface area contributed by atoms with E-state index in [-0.39, 0.29) is 37.3 Å². The Morgan fingerprint density at radius 2 is 2.21 bits per heavy atom. The van der Waals surface area contributed by atoms with Crippen LogP contribution < -0.4 is 15.4 Å². The summed E-state index contributed by atoms with van der Waals surface area (Å²) in [6.45, 7) is 1.06. The van der Waals surface area contributed by atoms with Crippen molar-refractivity contribution < 1.29 is 24.0 Å². The van der Waals surface area contributed by atoms with Gasteiger partial charge in [-0.1, -0.05) is 6.07 Å². The molecule has 3 rings (SSSR count). The topological polar surface area (TPSA) is 97.0 Å². The van der Waals surface area contributed by atoms with Crippen LogP contribution >= 0.6 is 0 Å². The summed E-state index contributed by atoms with van der Waals surface area (Å²) in [5, 5.41) is 6.61. The Morgan fingerprint density at radius 1 is 1.33 bits per heavy atom. The molecular formula is C16H19N3O5. The average Bonchev–Trinajstić information content (AvgIpc) is 3.12. The van der Waals surface area contributed by atoms with Crippen LogP contribution in [0.2, 0.25) is 0 Å². The minimum absolute atomic E-state index is 0.0174. The number of rotatable bonds is 5. The second-order valence-corrected chi connectivity index (χ2v) is 5.63. The van der Waals surface area contributed by atoms with Crippen LogP contribution in [-0.2, 0) is 25.6 Å². The fourth-order valence-corrected chi connectivity index (χ4v) is 2.54. The molecule has 8 heteroatoms. The maximum atomic E-state index is 11.9. The van der Waals surface area contributed by atoms with E-state index >= 15 is 0 Å². The molecule has 0 saturated carbocycles. The van der Waals surface area contributed by atoms with Crippen molar-refractivity contribution in [1.82, 2.24) is 10.4 Å². The molecule has 0 atom stereocenters. The van der Waals surface area contributed by atoms with Gasteiger partial charge in [0.15, 0.2) is 6.61 Å². The highest BCUT2D eigenvalue weighted by molar-refractivity contribution is 5.95. The molecule has 0 bridgehead atoms. The van der Waals surface area contributed by atoms with Crippen molar-refractivity contribution in [3.8, 4) is 5.75 Å². The number of nitrogens with zero attached hydrogens (tertiary/aromatic N) is 1. The Hall–Kier alpha value is -2.61. The van der Waals surface area contributed by atoms with Crippen molar-refractivity contribution in [2.24, 2.45) is 0 Å². The zero-order chi connectivity index (χ0) is 16.9. The molecule has 0 radical (unpaired) electrons. The molecule has 2 aliphatic heterocycles. The maximum absolute atomic E-state index is 11.9. The zero-order valence-electron chi connectivity index (χ0n) is 13.2. The first-order chi connectivity index (χ1) is 11.6. The third-order valence-electron chi connectivity index (χ3n) is 3.79. The Balaban J connectivity index is 1.45. The van der Waals surface area contributed by atoms with E-state index < -0.39 is 0 Å². The number of nitrogens with one attached hydrogen (secondary N) is 2. The van der Waals surface area contributed by atoms with Gasteiger partial charge in [-0.25, -0.2) is 5.06 Å². The first kappa shape index (κ1) is 16.3. The van der Waals surface area contributed by atoms with Gasteiger partial charge in [-0.3, -0.25) is 19.2 Å². The van der Waals surface area contributed by atoms with Gasteiger partial charge in [-0.05, 0) is 30.5 Å². The summed E-state index contributed by atoms with van der Waals surface area (Å²) in [6.07, 6.45) is 1.57. The summed E-state index contributed by atoms with van der Waals surface area (Å²) >= 11 is 0. The van der Waals surface area contributed by atoms with Crippen LogP contribution in [0, 0.1) is 0 Å². The lowest BCUT2D eigenvalue weighted by Gasteiger charge is -2.18. The molecule has 3 amide bonds. The van der Waals surface area contributed by atoms with Gasteiger partial charge in [0, 0.05) is 6.42 Å². The molecule has 0 aliphatic carbocycles. The Labute approximate surface area is 139 Å². The molecule has 1 aromatic carbocycles. The third kappa shape index (κ3) is 4.02. The average molecular weight is 333 g/mol. The van der Waals surface area contributed by atoms with Crippen LogP contribution in [0.3, 0.4) is 0 Å². The lowest BCUT2D eigenvalue weighted by Crippen LogP contribution is -2.38. The molecule has 2 aliphatic rings. The van der Waals surface area contributed by atoms with Gasteiger partial charge in [0.1, 0.15) is 5.75 Å². The highest BCUT2D eigenvalue weighted by Crippen LogP contribution is 2.28. The molecular weight excluding hydrogens is 314 g/mol. The lowest BCUT2D eigenvalue weighted by molar-refractivity contribution is -0.168. The number of carbonyl (C=O) groups is 3. The Morgan fingerprint density at radius 3 is 3.00 bits per heavy atom. The quantitative estimate of drug-likeness (QED) is 0.804. The van der Waals surface area contributed by atoms with E-state index in [1.807, 2.05) is 6.07 Å². The molecule has 1 saturated heterocycles. The molecule has 0 spiro atoms. The van der Waals surface area contributed by atoms with Crippen LogP contribution in [0.4, 0.5) is 5.69 Å². The monoisotopic (exact) mass is 333 g/mol. The lowest BCUT2D eigenvalue weighted by atomic mass is 10.1. The van der Waals surface area contributed by atoms with Gasteiger partial charge in [-0.15, -0.1) is 0 Å². The van der Waals surface area contributed by atoms with E-state index in [1.54, 1.807) is 12.1 Å². The standard InChI is InChI=1S/C16H19N3O5/c20-14(17-9-16(22)19-6-1-7-24-19)5-3-11-2-4-13-12(8-11)18-15(21)10-23-13/h2,4,8H,1,3,5-7,9-10H2,(H,17,20)(H,18,21). The molecule has 128 valence electrons. The number of hydrogen-bond acceptors (Lipinski definition) is 5. The number of carbonyl (C=O) groups excluding carboxylic acids is 3. The van der Waals surface area contributed by atoms with Gasteiger partial charge >= 0.3 is 0 Å². The summed E-state index contributed by atoms with van der Waals surface area (Å²) in [5.41, 5.74) is 1.52. The predicted molar refractivity (Wildman–Crippen MR) is 84.2 cm³/mol. The zero-order valence-corrected chi connectivity index (χ0v) is 13.2. The number of ether oxygens (including phenoxy) is 1. The van der Waals surface area contributed by atoms with E-state index in [4.69, 9.17) is 9.57 Å². The van der Waals surface area contributed by atoms with Crippen LogP contribution in [-0.4, -0.2) is 49.1 Å². The largest absolute Gasteiger partial charge is 0.482 e. The maximum Gasteiger partial charge on any atom is 0.265 e. The van der Waals surface area contributed by atoms with Gasteiger partial charge in [0.2, 0.25) is 5.91 Å². The van der Waals surface area contributed by atoms with Gasteiger partial charge in [0.05, 0.1) is 25.4 Å². The fourth-order valence-electron chi connectivity index (χ4n) is 2.54. The summed E-state index contributed by atoms with van der Waals surface area (Å²) < 4.78 is 5.28. The molecule has 24 heavy (non-hydrogen) atoms. The smallest absolute Gasteiger partial charge is 0.265 e. The second kappa shape index (κ2) is 7.31. The van der Waals surface area contributed by atoms with Crippen LogP contribution in [0.1, 0.15) is 18.4 Å². The normalized spacial score (nSPS) is 16.2. The Kier molecular flexibility index (Phi) is 4.95. The number of anilines is 1. The van der Waals surface area contributed by atoms with Gasteiger partial charge < -0.3 is 15.4 Å². The second-order valence-electron chi connectivity index (χ2n) is 5.63. The van der Waals surface area contributed by atoms with Crippen molar-refractivity contribution in [2.75, 3.05) is 31.6 Å². The van der Waals surface area contributed by atoms with E-state index in [2.05, 4.69) is 10.6 Å². The van der Waals surface area contributed by atoms with Crippen LogP contribution in [0.25, 0.3) is 0 Å². The summed E-state index contributed by atoms with van der Waals surface area (Å²) in [7, 11) is 0. The van der Waals surface area contributed by atoms with E-state index in [9.17, 15) is 14.4 Å². The third-order valence-corrected chi connectivity index (χ3v) is 3.79. The summed E-state index contributed by atoms with van der Waals surface area (Å²) in [4.78, 5) is 40.0. The summed E-state index contributed by atoms with van der Waals surface area (Å²) in [6, 6.07) is 5.42. The van der Waals surface area contributed by atoms with Gasteiger partial charge in [0.25, 0.3) is 11.8 Å². The number of hydrogen-bond donors (Lipinski definition) is 2. The van der Waals surface area contributed by atoms with E-state index in [1.165, 1.54) is 5.06 Å². The molecule has 1 aromatic rings. The van der Waals surface area contributed by atoms with E-state index in [0.29, 0.717) is 31.0 Å². The molecule has 0 aromatic heterocycles. The number of benzene rings is 1. The van der Waals surface area contributed by atoms with Crippen molar-refractivity contribution in [2.45, 2.75) is 19.3 Å². The predicted octanol–water partition coefficient (Wildman–Crippen LogP) is 0.230. The molecule has 0 unspecified atom stereocenters. The molecule has 1 fully saturated rings. The molecule has 2 heterocycles. The minimum Gasteiger partial charge on any atom is -0.482 e. The number of aryl methyl sites for hydroxylation is 1. The van der Waals surface area contributed by atoms with Gasteiger partial charge in [-0.2, -0.15) is 0 Å².